The molecular weight excluding hydrogens is 466 g/mol. The van der Waals surface area contributed by atoms with Crippen LogP contribution in [-0.4, -0.2) is 38.4 Å². The van der Waals surface area contributed by atoms with E-state index in [2.05, 4.69) is 20.5 Å². The smallest absolute Gasteiger partial charge is 0.277 e. The Morgan fingerprint density at radius 3 is 2.58 bits per heavy atom. The fourth-order valence-corrected chi connectivity index (χ4v) is 4.04. The standard InChI is InChI=1S/C21H17N5O5S2/c1-2-30-16-9-5-14(6-10-16)19-24-25-21(31-19)33-12-18(27)23-20-22-17(11-32-20)13-3-7-15(8-4-13)26(28)29/h3-11H,2,12H2,1H3,(H,22,23,27). The van der Waals surface area contributed by atoms with Gasteiger partial charge in [0.1, 0.15) is 5.75 Å². The molecule has 2 aromatic carbocycles. The summed E-state index contributed by atoms with van der Waals surface area (Å²) in [6, 6.07) is 13.4. The van der Waals surface area contributed by atoms with E-state index in [1.165, 1.54) is 23.5 Å². The van der Waals surface area contributed by atoms with Crippen LogP contribution in [0, 0.1) is 10.1 Å². The quantitative estimate of drug-likeness (QED) is 0.200. The van der Waals surface area contributed by atoms with E-state index in [1.807, 2.05) is 31.2 Å². The Morgan fingerprint density at radius 2 is 1.88 bits per heavy atom. The lowest BCUT2D eigenvalue weighted by Crippen LogP contribution is -2.13. The van der Waals surface area contributed by atoms with Crippen molar-refractivity contribution in [2.75, 3.05) is 17.7 Å². The summed E-state index contributed by atoms with van der Waals surface area (Å²) in [5.41, 5.74) is 2.10. The third-order valence-electron chi connectivity index (χ3n) is 4.27. The molecule has 0 unspecified atom stereocenters. The molecule has 0 radical (unpaired) electrons. The third-order valence-corrected chi connectivity index (χ3v) is 5.85. The Kier molecular flexibility index (Phi) is 6.95. The lowest BCUT2D eigenvalue weighted by molar-refractivity contribution is -0.384. The molecular formula is C21H17N5O5S2. The van der Waals surface area contributed by atoms with Crippen molar-refractivity contribution in [2.24, 2.45) is 0 Å². The number of benzene rings is 2. The van der Waals surface area contributed by atoms with Gasteiger partial charge in [-0.3, -0.25) is 14.9 Å². The average molecular weight is 484 g/mol. The summed E-state index contributed by atoms with van der Waals surface area (Å²) in [4.78, 5) is 27.0. The molecule has 12 heteroatoms. The van der Waals surface area contributed by atoms with Crippen molar-refractivity contribution < 1.29 is 18.9 Å². The topological polar surface area (TPSA) is 133 Å². The Bertz CT molecular complexity index is 1250. The molecule has 4 aromatic rings. The predicted octanol–water partition coefficient (Wildman–Crippen LogP) is 4.90. The molecule has 168 valence electrons. The highest BCUT2D eigenvalue weighted by Crippen LogP contribution is 2.28. The first-order valence-electron chi connectivity index (χ1n) is 9.71. The van der Waals surface area contributed by atoms with Crippen LogP contribution in [0.25, 0.3) is 22.7 Å². The molecule has 0 saturated carbocycles. The normalized spacial score (nSPS) is 10.7. The number of nitro benzene ring substituents is 1. The number of thioether (sulfide) groups is 1. The summed E-state index contributed by atoms with van der Waals surface area (Å²) in [5, 5.41) is 23.9. The SMILES string of the molecule is CCOc1ccc(-c2nnc(SCC(=O)Nc3nc(-c4ccc([N+](=O)[O-])cc4)cs3)o2)cc1. The minimum Gasteiger partial charge on any atom is -0.494 e. The number of carbonyl (C=O) groups excluding carboxylic acids is 1. The Hall–Kier alpha value is -3.77. The van der Waals surface area contributed by atoms with Crippen molar-refractivity contribution in [1.82, 2.24) is 15.2 Å². The summed E-state index contributed by atoms with van der Waals surface area (Å²) in [6.45, 7) is 2.50. The number of anilines is 1. The second-order valence-corrected chi connectivity index (χ2v) is 8.29. The molecule has 0 bridgehead atoms. The van der Waals surface area contributed by atoms with Gasteiger partial charge >= 0.3 is 0 Å². The third kappa shape index (κ3) is 5.73. The van der Waals surface area contributed by atoms with Crippen molar-refractivity contribution in [2.45, 2.75) is 12.1 Å². The Labute approximate surface area is 196 Å². The zero-order valence-electron chi connectivity index (χ0n) is 17.3. The molecule has 0 atom stereocenters. The van der Waals surface area contributed by atoms with E-state index >= 15 is 0 Å². The zero-order chi connectivity index (χ0) is 23.2. The minimum absolute atomic E-state index is 0.00578. The highest BCUT2D eigenvalue weighted by molar-refractivity contribution is 7.99. The van der Waals surface area contributed by atoms with Crippen LogP contribution in [0.4, 0.5) is 10.8 Å². The lowest BCUT2D eigenvalue weighted by atomic mass is 10.1. The number of amides is 1. The first kappa shape index (κ1) is 22.4. The first-order valence-corrected chi connectivity index (χ1v) is 11.6. The first-order chi connectivity index (χ1) is 16.0. The number of hydrogen-bond acceptors (Lipinski definition) is 10. The molecule has 4 rings (SSSR count). The van der Waals surface area contributed by atoms with E-state index in [4.69, 9.17) is 9.15 Å². The van der Waals surface area contributed by atoms with E-state index in [0.717, 1.165) is 28.6 Å². The lowest BCUT2D eigenvalue weighted by Gasteiger charge is -2.02. The number of thiazole rings is 1. The van der Waals surface area contributed by atoms with Crippen LogP contribution in [0.2, 0.25) is 0 Å². The number of non-ortho nitro benzene ring substituents is 1. The van der Waals surface area contributed by atoms with Crippen molar-refractivity contribution in [1.29, 1.82) is 0 Å². The number of nitrogens with one attached hydrogen (secondary N) is 1. The Morgan fingerprint density at radius 1 is 1.15 bits per heavy atom. The van der Waals surface area contributed by atoms with Crippen molar-refractivity contribution in [3.63, 3.8) is 0 Å². The van der Waals surface area contributed by atoms with Crippen molar-refractivity contribution in [3.8, 4) is 28.5 Å². The van der Waals surface area contributed by atoms with Crippen LogP contribution >= 0.6 is 23.1 Å². The predicted molar refractivity (Wildman–Crippen MR) is 124 cm³/mol. The van der Waals surface area contributed by atoms with Crippen molar-refractivity contribution >= 4 is 39.8 Å². The van der Waals surface area contributed by atoms with Crippen molar-refractivity contribution in [3.05, 3.63) is 64.0 Å². The fourth-order valence-electron chi connectivity index (χ4n) is 2.75. The molecule has 0 aliphatic carbocycles. The highest BCUT2D eigenvalue weighted by atomic mass is 32.2. The number of nitro groups is 1. The van der Waals surface area contributed by atoms with Gasteiger partial charge < -0.3 is 14.5 Å². The second-order valence-electron chi connectivity index (χ2n) is 6.51. The van der Waals surface area contributed by atoms with Gasteiger partial charge in [0.15, 0.2) is 5.13 Å². The van der Waals surface area contributed by atoms with Crippen LogP contribution in [0.5, 0.6) is 5.75 Å². The molecule has 2 heterocycles. The van der Waals surface area contributed by atoms with E-state index < -0.39 is 4.92 Å². The van der Waals surface area contributed by atoms with Gasteiger partial charge in [-0.15, -0.1) is 21.5 Å². The number of hydrogen-bond donors (Lipinski definition) is 1. The second kappa shape index (κ2) is 10.2. The fraction of sp³-hybridized carbons (Fsp3) is 0.143. The zero-order valence-corrected chi connectivity index (χ0v) is 18.9. The number of ether oxygens (including phenoxy) is 1. The molecule has 0 spiro atoms. The summed E-state index contributed by atoms with van der Waals surface area (Å²) < 4.78 is 11.0. The molecule has 0 aliphatic heterocycles. The van der Waals surface area contributed by atoms with E-state index in [-0.39, 0.29) is 22.6 Å². The maximum Gasteiger partial charge on any atom is 0.277 e. The van der Waals surface area contributed by atoms with E-state index in [1.54, 1.807) is 17.5 Å². The summed E-state index contributed by atoms with van der Waals surface area (Å²) in [5.74, 6) is 0.905. The summed E-state index contributed by atoms with van der Waals surface area (Å²) >= 11 is 2.38. The molecule has 1 N–H and O–H groups in total. The number of nitrogens with zero attached hydrogens (tertiary/aromatic N) is 4. The van der Waals surface area contributed by atoms with Gasteiger partial charge in [0.2, 0.25) is 11.8 Å². The van der Waals surface area contributed by atoms with Crippen LogP contribution in [0.3, 0.4) is 0 Å². The van der Waals surface area contributed by atoms with Crippen LogP contribution in [0.15, 0.2) is 63.6 Å². The van der Waals surface area contributed by atoms with E-state index in [9.17, 15) is 14.9 Å². The molecule has 0 aliphatic rings. The highest BCUT2D eigenvalue weighted by Gasteiger charge is 2.14. The number of aromatic nitrogens is 3. The van der Waals surface area contributed by atoms with Gasteiger partial charge in [-0.2, -0.15) is 0 Å². The maximum atomic E-state index is 12.3. The monoisotopic (exact) mass is 483 g/mol. The van der Waals surface area contributed by atoms with Crippen LogP contribution < -0.4 is 10.1 Å². The molecule has 10 nitrogen and oxygen atoms in total. The van der Waals surface area contributed by atoms with Crippen LogP contribution in [0.1, 0.15) is 6.92 Å². The molecule has 2 aromatic heterocycles. The van der Waals surface area contributed by atoms with Gasteiger partial charge in [-0.1, -0.05) is 11.8 Å². The Balaban J connectivity index is 1.31. The number of carbonyl (C=O) groups is 1. The molecule has 0 saturated heterocycles. The van der Waals surface area contributed by atoms with Gasteiger partial charge in [-0.25, -0.2) is 4.98 Å². The average Bonchev–Trinajstić information content (AvgIpc) is 3.48. The van der Waals surface area contributed by atoms with Crippen LogP contribution in [-0.2, 0) is 4.79 Å². The molecule has 0 fully saturated rings. The summed E-state index contributed by atoms with van der Waals surface area (Å²) in [6.07, 6.45) is 0. The minimum atomic E-state index is -0.460. The van der Waals surface area contributed by atoms with Gasteiger partial charge in [0.25, 0.3) is 10.9 Å². The maximum absolute atomic E-state index is 12.3. The largest absolute Gasteiger partial charge is 0.494 e. The molecule has 33 heavy (non-hydrogen) atoms. The van der Waals surface area contributed by atoms with Gasteiger partial charge in [0, 0.05) is 28.6 Å². The summed E-state index contributed by atoms with van der Waals surface area (Å²) in [7, 11) is 0. The number of rotatable bonds is 9. The van der Waals surface area contributed by atoms with Gasteiger partial charge in [0.05, 0.1) is 23.0 Å². The van der Waals surface area contributed by atoms with E-state index in [0.29, 0.717) is 23.3 Å². The van der Waals surface area contributed by atoms with Gasteiger partial charge in [-0.05, 0) is 43.3 Å². The molecule has 1 amide bonds.